The second-order valence-electron chi connectivity index (χ2n) is 3.44. The molecule has 2 aromatic rings. The van der Waals surface area contributed by atoms with Crippen molar-refractivity contribution < 1.29 is 19.1 Å². The van der Waals surface area contributed by atoms with Crippen LogP contribution in [0, 0.1) is 0 Å². The second-order valence-corrected chi connectivity index (χ2v) is 3.44. The number of benzene rings is 1. The molecule has 1 heterocycles. The maximum absolute atomic E-state index is 11.7. The van der Waals surface area contributed by atoms with Gasteiger partial charge in [0.05, 0.1) is 6.26 Å². The zero-order valence-corrected chi connectivity index (χ0v) is 8.71. The van der Waals surface area contributed by atoms with Crippen LogP contribution in [0.15, 0.2) is 46.7 Å². The summed E-state index contributed by atoms with van der Waals surface area (Å²) in [6.45, 7) is 0. The summed E-state index contributed by atoms with van der Waals surface area (Å²) in [6.07, 6.45) is 2.41. The molecule has 0 unspecified atom stereocenters. The minimum absolute atomic E-state index is 0.364. The number of rotatable bonds is 3. The number of fused-ring (bicyclic) bond motifs is 1. The molecule has 0 aliphatic heterocycles. The summed E-state index contributed by atoms with van der Waals surface area (Å²) in [5, 5.41) is 9.33. The minimum atomic E-state index is -1.32. The Morgan fingerprint density at radius 2 is 2.06 bits per heavy atom. The van der Waals surface area contributed by atoms with Crippen LogP contribution in [0.5, 0.6) is 0 Å². The second kappa shape index (κ2) is 4.13. The number of carbonyl (C=O) groups excluding carboxylic acids is 1. The highest BCUT2D eigenvalue weighted by molar-refractivity contribution is 6.09. The molecule has 3 N–H and O–H groups in total. The molecular formula is C12H9NO4. The molecule has 5 nitrogen and oxygen atoms in total. The van der Waals surface area contributed by atoms with Crippen LogP contribution < -0.4 is 5.73 Å². The van der Waals surface area contributed by atoms with Gasteiger partial charge in [0.25, 0.3) is 0 Å². The van der Waals surface area contributed by atoms with Crippen LogP contribution in [0.25, 0.3) is 11.0 Å². The number of carboxylic acid groups (broad SMARTS) is 1. The summed E-state index contributed by atoms with van der Waals surface area (Å²) >= 11 is 0. The van der Waals surface area contributed by atoms with Crippen molar-refractivity contribution in [2.45, 2.75) is 0 Å². The lowest BCUT2D eigenvalue weighted by atomic mass is 10.1. The number of nitrogens with two attached hydrogens (primary N) is 1. The molecule has 86 valence electrons. The summed E-state index contributed by atoms with van der Waals surface area (Å²) in [5.74, 6) is -1.77. The fraction of sp³-hybridized carbons (Fsp3) is 0. The highest BCUT2D eigenvalue weighted by Gasteiger charge is 2.08. The van der Waals surface area contributed by atoms with Crippen LogP contribution in [0.2, 0.25) is 0 Å². The first-order valence-corrected chi connectivity index (χ1v) is 4.80. The van der Waals surface area contributed by atoms with Crippen molar-refractivity contribution in [3.05, 3.63) is 47.9 Å². The first kappa shape index (κ1) is 10.9. The number of carbonyl (C=O) groups is 2. The van der Waals surface area contributed by atoms with E-state index in [0.717, 1.165) is 11.5 Å². The molecular weight excluding hydrogens is 222 g/mol. The topological polar surface area (TPSA) is 93.5 Å². The lowest BCUT2D eigenvalue weighted by Crippen LogP contribution is -2.12. The smallest absolute Gasteiger partial charge is 0.351 e. The zero-order chi connectivity index (χ0) is 12.4. The number of hydrogen-bond acceptors (Lipinski definition) is 4. The number of hydrogen-bond donors (Lipinski definition) is 2. The maximum atomic E-state index is 11.7. The van der Waals surface area contributed by atoms with Crippen LogP contribution in [-0.2, 0) is 4.79 Å². The van der Waals surface area contributed by atoms with E-state index < -0.39 is 17.4 Å². The van der Waals surface area contributed by atoms with E-state index in [1.54, 1.807) is 24.3 Å². The summed E-state index contributed by atoms with van der Waals surface area (Å²) in [6, 6.07) is 6.54. The molecule has 2 rings (SSSR count). The quantitative estimate of drug-likeness (QED) is 0.617. The Bertz CT molecular complexity index is 624. The van der Waals surface area contributed by atoms with E-state index >= 15 is 0 Å². The molecule has 0 bridgehead atoms. The van der Waals surface area contributed by atoms with Crippen LogP contribution >= 0.6 is 0 Å². The molecule has 0 saturated heterocycles. The van der Waals surface area contributed by atoms with Crippen LogP contribution in [0.3, 0.4) is 0 Å². The summed E-state index contributed by atoms with van der Waals surface area (Å²) in [7, 11) is 0. The predicted molar refractivity (Wildman–Crippen MR) is 60.5 cm³/mol. The van der Waals surface area contributed by atoms with Gasteiger partial charge in [-0.25, -0.2) is 4.79 Å². The highest BCUT2D eigenvalue weighted by atomic mass is 16.4. The molecule has 1 aromatic carbocycles. The first-order valence-electron chi connectivity index (χ1n) is 4.80. The van der Waals surface area contributed by atoms with Gasteiger partial charge in [-0.15, -0.1) is 0 Å². The largest absolute Gasteiger partial charge is 0.477 e. The summed E-state index contributed by atoms with van der Waals surface area (Å²) < 4.78 is 5.13. The first-order chi connectivity index (χ1) is 8.08. The van der Waals surface area contributed by atoms with Gasteiger partial charge in [-0.2, -0.15) is 0 Å². The molecule has 0 aliphatic rings. The standard InChI is InChI=1S/C12H9NO4/c13-9(12(15)16)6-10(14)7-1-2-11-8(5-7)3-4-17-11/h1-6H,13H2,(H,15,16). The zero-order valence-electron chi connectivity index (χ0n) is 8.71. The third-order valence-electron chi connectivity index (χ3n) is 2.27. The van der Waals surface area contributed by atoms with E-state index in [1.807, 2.05) is 0 Å². The monoisotopic (exact) mass is 231 g/mol. The molecule has 1 aromatic heterocycles. The third-order valence-corrected chi connectivity index (χ3v) is 2.27. The predicted octanol–water partition coefficient (Wildman–Crippen LogP) is 1.54. The Morgan fingerprint density at radius 3 is 2.76 bits per heavy atom. The summed E-state index contributed by atoms with van der Waals surface area (Å²) in [5.41, 5.74) is 5.71. The SMILES string of the molecule is NC(=CC(=O)c1ccc2occc2c1)C(=O)O. The van der Waals surface area contributed by atoms with E-state index in [0.29, 0.717) is 11.1 Å². The van der Waals surface area contributed by atoms with Crippen molar-refractivity contribution in [3.8, 4) is 0 Å². The molecule has 0 saturated carbocycles. The Balaban J connectivity index is 2.36. The average Bonchev–Trinajstić information content (AvgIpc) is 2.75. The molecule has 17 heavy (non-hydrogen) atoms. The Labute approximate surface area is 96.1 Å². The van der Waals surface area contributed by atoms with Gasteiger partial charge in [0.2, 0.25) is 0 Å². The van der Waals surface area contributed by atoms with Crippen LogP contribution in [-0.4, -0.2) is 16.9 Å². The molecule has 5 heteroatoms. The van der Waals surface area contributed by atoms with Gasteiger partial charge < -0.3 is 15.3 Å². The van der Waals surface area contributed by atoms with E-state index in [9.17, 15) is 9.59 Å². The molecule has 0 fully saturated rings. The number of aliphatic carboxylic acids is 1. The minimum Gasteiger partial charge on any atom is -0.477 e. The van der Waals surface area contributed by atoms with Crippen LogP contribution in [0.1, 0.15) is 10.4 Å². The van der Waals surface area contributed by atoms with Gasteiger partial charge in [0.15, 0.2) is 5.78 Å². The number of allylic oxidation sites excluding steroid dienone is 1. The van der Waals surface area contributed by atoms with E-state index in [2.05, 4.69) is 0 Å². The normalized spacial score (nSPS) is 11.6. The van der Waals surface area contributed by atoms with Crippen molar-refractivity contribution in [2.75, 3.05) is 0 Å². The molecule has 0 amide bonds. The summed E-state index contributed by atoms with van der Waals surface area (Å²) in [4.78, 5) is 22.2. The lowest BCUT2D eigenvalue weighted by Gasteiger charge is -1.97. The molecule has 0 aliphatic carbocycles. The van der Waals surface area contributed by atoms with Crippen molar-refractivity contribution in [1.82, 2.24) is 0 Å². The number of carboxylic acids is 1. The average molecular weight is 231 g/mol. The highest BCUT2D eigenvalue weighted by Crippen LogP contribution is 2.17. The fourth-order valence-electron chi connectivity index (χ4n) is 1.41. The molecule has 0 atom stereocenters. The van der Waals surface area contributed by atoms with Crippen molar-refractivity contribution in [3.63, 3.8) is 0 Å². The number of ketones is 1. The third kappa shape index (κ3) is 2.17. The van der Waals surface area contributed by atoms with E-state index in [-0.39, 0.29) is 0 Å². The Hall–Kier alpha value is -2.56. The lowest BCUT2D eigenvalue weighted by molar-refractivity contribution is -0.132. The van der Waals surface area contributed by atoms with Gasteiger partial charge >= 0.3 is 5.97 Å². The van der Waals surface area contributed by atoms with Crippen molar-refractivity contribution in [2.24, 2.45) is 5.73 Å². The fourth-order valence-corrected chi connectivity index (χ4v) is 1.41. The van der Waals surface area contributed by atoms with Crippen molar-refractivity contribution >= 4 is 22.7 Å². The van der Waals surface area contributed by atoms with Crippen molar-refractivity contribution in [1.29, 1.82) is 0 Å². The Morgan fingerprint density at radius 1 is 1.29 bits per heavy atom. The Kier molecular flexibility index (Phi) is 2.66. The van der Waals surface area contributed by atoms with Gasteiger partial charge in [0, 0.05) is 17.0 Å². The van der Waals surface area contributed by atoms with Gasteiger partial charge in [0.1, 0.15) is 11.3 Å². The van der Waals surface area contributed by atoms with Gasteiger partial charge in [-0.1, -0.05) is 0 Å². The number of furan rings is 1. The van der Waals surface area contributed by atoms with Gasteiger partial charge in [-0.3, -0.25) is 4.79 Å². The molecule has 0 radical (unpaired) electrons. The molecule has 0 spiro atoms. The van der Waals surface area contributed by atoms with E-state index in [1.165, 1.54) is 6.26 Å². The van der Waals surface area contributed by atoms with E-state index in [4.69, 9.17) is 15.3 Å². The van der Waals surface area contributed by atoms with Gasteiger partial charge in [-0.05, 0) is 24.3 Å². The maximum Gasteiger partial charge on any atom is 0.351 e. The van der Waals surface area contributed by atoms with Crippen LogP contribution in [0.4, 0.5) is 0 Å².